The molecule has 0 aliphatic rings. The van der Waals surface area contributed by atoms with Gasteiger partial charge in [0.05, 0.1) is 11.2 Å². The largest absolute Gasteiger partial charge is 0.516 e. The summed E-state index contributed by atoms with van der Waals surface area (Å²) in [6.07, 6.45) is 3.65. The van der Waals surface area contributed by atoms with Gasteiger partial charge in [-0.2, -0.15) is 21.6 Å². The molecule has 4 rings (SSSR count). The lowest BCUT2D eigenvalue weighted by Gasteiger charge is -2.11. The molecular weight excluding hydrogens is 449 g/mol. The number of pyridine rings is 1. The van der Waals surface area contributed by atoms with Crippen molar-refractivity contribution in [1.82, 2.24) is 4.98 Å². The summed E-state index contributed by atoms with van der Waals surface area (Å²) in [6.45, 7) is 0. The van der Waals surface area contributed by atoms with E-state index in [9.17, 15) is 21.6 Å². The van der Waals surface area contributed by atoms with Crippen LogP contribution in [0.4, 0.5) is 18.9 Å². The highest BCUT2D eigenvalue weighted by Crippen LogP contribution is 2.29. The molecule has 1 aromatic heterocycles. The van der Waals surface area contributed by atoms with Crippen molar-refractivity contribution in [3.63, 3.8) is 0 Å². The van der Waals surface area contributed by atoms with Crippen LogP contribution in [0.1, 0.15) is 11.3 Å². The first-order valence-electron chi connectivity index (χ1n) is 8.99. The maximum Gasteiger partial charge on any atom is 0.516 e. The molecule has 31 heavy (non-hydrogen) atoms. The number of alkyl halides is 3. The zero-order chi connectivity index (χ0) is 22.2. The van der Waals surface area contributed by atoms with Crippen molar-refractivity contribution in [3.05, 3.63) is 83.0 Å². The Morgan fingerprint density at radius 1 is 0.903 bits per heavy atom. The summed E-state index contributed by atoms with van der Waals surface area (Å²) in [5.74, 6) is 0. The van der Waals surface area contributed by atoms with Crippen LogP contribution in [-0.2, 0) is 10.0 Å². The number of benzene rings is 3. The molecule has 0 spiro atoms. The second-order valence-corrected chi connectivity index (χ2v) is 8.85. The Balaban J connectivity index is 1.66. The van der Waals surface area contributed by atoms with Crippen LogP contribution >= 0.6 is 11.6 Å². The van der Waals surface area contributed by atoms with Crippen LogP contribution < -0.4 is 4.72 Å². The molecule has 158 valence electrons. The number of hydrogen-bond donors (Lipinski definition) is 1. The molecule has 4 aromatic rings. The molecule has 3 aromatic carbocycles. The van der Waals surface area contributed by atoms with E-state index in [2.05, 4.69) is 4.98 Å². The van der Waals surface area contributed by atoms with Crippen LogP contribution in [-0.4, -0.2) is 18.9 Å². The minimum atomic E-state index is -5.48. The Hall–Kier alpha value is -3.10. The fourth-order valence-electron chi connectivity index (χ4n) is 3.10. The van der Waals surface area contributed by atoms with Crippen LogP contribution in [0.3, 0.4) is 0 Å². The van der Waals surface area contributed by atoms with Gasteiger partial charge >= 0.3 is 15.5 Å². The lowest BCUT2D eigenvalue weighted by molar-refractivity contribution is -0.0429. The molecule has 0 amide bonds. The van der Waals surface area contributed by atoms with E-state index in [1.807, 2.05) is 36.4 Å². The quantitative estimate of drug-likeness (QED) is 0.378. The molecule has 0 saturated carbocycles. The van der Waals surface area contributed by atoms with Crippen LogP contribution in [0.5, 0.6) is 0 Å². The number of nitrogens with zero attached hydrogens (tertiary/aromatic N) is 1. The number of halogens is 4. The molecule has 0 aliphatic heterocycles. The molecule has 9 heteroatoms. The molecule has 0 fully saturated rings. The molecule has 1 N–H and O–H groups in total. The predicted molar refractivity (Wildman–Crippen MR) is 118 cm³/mol. The Morgan fingerprint density at radius 3 is 2.45 bits per heavy atom. The van der Waals surface area contributed by atoms with Gasteiger partial charge < -0.3 is 0 Å². The van der Waals surface area contributed by atoms with Gasteiger partial charge in [-0.1, -0.05) is 54.1 Å². The van der Waals surface area contributed by atoms with Crippen LogP contribution in [0.15, 0.2) is 66.7 Å². The standard InChI is InChI=1S/C22H14ClF3N2O2S/c23-17-7-4-15-6-9-18(27-21(15)13-17)8-5-14-2-1-3-16-12-19(10-11-20(14)16)28-31(29,30)22(24,25)26/h1-13,28H/b8-5+. The van der Waals surface area contributed by atoms with E-state index < -0.39 is 15.5 Å². The summed E-state index contributed by atoms with van der Waals surface area (Å²) in [5.41, 5.74) is -3.28. The van der Waals surface area contributed by atoms with Crippen molar-refractivity contribution >= 4 is 61.1 Å². The first-order chi connectivity index (χ1) is 14.6. The van der Waals surface area contributed by atoms with Crippen LogP contribution in [0, 0.1) is 0 Å². The van der Waals surface area contributed by atoms with E-state index in [4.69, 9.17) is 11.6 Å². The number of sulfonamides is 1. The predicted octanol–water partition coefficient (Wildman–Crippen LogP) is 6.47. The number of nitrogens with one attached hydrogen (secondary N) is 1. The fourth-order valence-corrected chi connectivity index (χ4v) is 3.82. The number of aromatic nitrogens is 1. The average molecular weight is 463 g/mol. The summed E-state index contributed by atoms with van der Waals surface area (Å²) in [7, 11) is -5.48. The molecular formula is C22H14ClF3N2O2S. The third-order valence-corrected chi connectivity index (χ3v) is 5.93. The first kappa shape index (κ1) is 21.1. The molecule has 0 aliphatic carbocycles. The third kappa shape index (κ3) is 4.50. The minimum Gasteiger partial charge on any atom is -0.276 e. The highest BCUT2D eigenvalue weighted by molar-refractivity contribution is 7.93. The van der Waals surface area contributed by atoms with Gasteiger partial charge in [-0.15, -0.1) is 0 Å². The first-order valence-corrected chi connectivity index (χ1v) is 10.8. The van der Waals surface area contributed by atoms with Gasteiger partial charge in [0.2, 0.25) is 0 Å². The monoisotopic (exact) mass is 462 g/mol. The molecule has 0 bridgehead atoms. The van der Waals surface area contributed by atoms with Crippen molar-refractivity contribution in [2.45, 2.75) is 5.51 Å². The van der Waals surface area contributed by atoms with Gasteiger partial charge in [0.15, 0.2) is 0 Å². The lowest BCUT2D eigenvalue weighted by Crippen LogP contribution is -2.29. The summed E-state index contributed by atoms with van der Waals surface area (Å²) in [5, 5.41) is 2.88. The third-order valence-electron chi connectivity index (χ3n) is 4.58. The Labute approximate surface area is 181 Å². The summed E-state index contributed by atoms with van der Waals surface area (Å²) < 4.78 is 62.0. The van der Waals surface area contributed by atoms with Crippen molar-refractivity contribution in [1.29, 1.82) is 0 Å². The molecule has 1 heterocycles. The van der Waals surface area contributed by atoms with Crippen LogP contribution in [0.25, 0.3) is 33.8 Å². The normalized spacial score (nSPS) is 12.6. The van der Waals surface area contributed by atoms with Gasteiger partial charge in [0, 0.05) is 16.1 Å². The number of fused-ring (bicyclic) bond motifs is 2. The van der Waals surface area contributed by atoms with E-state index in [-0.39, 0.29) is 5.69 Å². The smallest absolute Gasteiger partial charge is 0.276 e. The Bertz CT molecular complexity index is 1430. The van der Waals surface area contributed by atoms with Crippen molar-refractivity contribution in [2.75, 3.05) is 4.72 Å². The maximum absolute atomic E-state index is 12.6. The number of hydrogen-bond acceptors (Lipinski definition) is 3. The van der Waals surface area contributed by atoms with E-state index in [0.717, 1.165) is 21.9 Å². The zero-order valence-corrected chi connectivity index (χ0v) is 17.3. The van der Waals surface area contributed by atoms with Crippen molar-refractivity contribution < 1.29 is 21.6 Å². The van der Waals surface area contributed by atoms with Gasteiger partial charge in [-0.3, -0.25) is 4.72 Å². The van der Waals surface area contributed by atoms with E-state index in [1.165, 1.54) is 12.1 Å². The molecule has 0 atom stereocenters. The van der Waals surface area contributed by atoms with Crippen LogP contribution in [0.2, 0.25) is 5.02 Å². The van der Waals surface area contributed by atoms with Gasteiger partial charge in [0.25, 0.3) is 0 Å². The number of rotatable bonds is 4. The summed E-state index contributed by atoms with van der Waals surface area (Å²) in [6, 6.07) is 18.7. The maximum atomic E-state index is 12.6. The summed E-state index contributed by atoms with van der Waals surface area (Å²) in [4.78, 5) is 4.55. The highest BCUT2D eigenvalue weighted by atomic mass is 35.5. The van der Waals surface area contributed by atoms with Gasteiger partial charge in [-0.05, 0) is 52.7 Å². The Kier molecular flexibility index (Phi) is 5.36. The van der Waals surface area contributed by atoms with Gasteiger partial charge in [0.1, 0.15) is 0 Å². The van der Waals surface area contributed by atoms with E-state index in [0.29, 0.717) is 16.1 Å². The molecule has 0 unspecified atom stereocenters. The second kappa shape index (κ2) is 7.86. The van der Waals surface area contributed by atoms with E-state index in [1.54, 1.807) is 35.1 Å². The fraction of sp³-hybridized carbons (Fsp3) is 0.0455. The van der Waals surface area contributed by atoms with Crippen molar-refractivity contribution in [3.8, 4) is 0 Å². The SMILES string of the molecule is O=S(=O)(Nc1ccc2c(/C=C/c3ccc4ccc(Cl)cc4n3)cccc2c1)C(F)(F)F. The highest BCUT2D eigenvalue weighted by Gasteiger charge is 2.46. The minimum absolute atomic E-state index is 0.168. The van der Waals surface area contributed by atoms with E-state index >= 15 is 0 Å². The second-order valence-electron chi connectivity index (χ2n) is 6.74. The molecule has 0 saturated heterocycles. The average Bonchev–Trinajstić information content (AvgIpc) is 2.70. The van der Waals surface area contributed by atoms with Gasteiger partial charge in [-0.25, -0.2) is 4.98 Å². The molecule has 4 nitrogen and oxygen atoms in total. The topological polar surface area (TPSA) is 59.1 Å². The number of anilines is 1. The van der Waals surface area contributed by atoms with Crippen molar-refractivity contribution in [2.24, 2.45) is 0 Å². The molecule has 0 radical (unpaired) electrons. The Morgan fingerprint density at radius 2 is 1.68 bits per heavy atom. The lowest BCUT2D eigenvalue weighted by atomic mass is 10.0. The summed E-state index contributed by atoms with van der Waals surface area (Å²) >= 11 is 6.02. The zero-order valence-electron chi connectivity index (χ0n) is 15.7.